The summed E-state index contributed by atoms with van der Waals surface area (Å²) in [7, 11) is 0. The van der Waals surface area contributed by atoms with Gasteiger partial charge in [-0.05, 0) is 80.0 Å². The Morgan fingerprint density at radius 2 is 1.68 bits per heavy atom. The zero-order valence-corrected chi connectivity index (χ0v) is 16.4. The molecule has 0 fully saturated rings. The van der Waals surface area contributed by atoms with Crippen LogP contribution in [0.3, 0.4) is 0 Å². The van der Waals surface area contributed by atoms with Crippen LogP contribution < -0.4 is 10.2 Å². The van der Waals surface area contributed by atoms with Gasteiger partial charge in [-0.1, -0.05) is 0 Å². The number of aromatic nitrogens is 1. The van der Waals surface area contributed by atoms with Crippen molar-refractivity contribution in [3.05, 3.63) is 58.2 Å². The monoisotopic (exact) mass is 403 g/mol. The van der Waals surface area contributed by atoms with Gasteiger partial charge >= 0.3 is 0 Å². The maximum absolute atomic E-state index is 12.7. The molecule has 1 aromatic carbocycles. The van der Waals surface area contributed by atoms with Crippen molar-refractivity contribution in [2.45, 2.75) is 33.2 Å². The van der Waals surface area contributed by atoms with Crippen molar-refractivity contribution >= 4 is 33.6 Å². The fourth-order valence-electron chi connectivity index (χ4n) is 2.27. The van der Waals surface area contributed by atoms with Crippen molar-refractivity contribution in [1.82, 2.24) is 10.3 Å². The third kappa shape index (κ3) is 5.13. The molecule has 0 saturated heterocycles. The average molecular weight is 404 g/mol. The average Bonchev–Trinajstić information content (AvgIpc) is 2.55. The van der Waals surface area contributed by atoms with Gasteiger partial charge in [0.05, 0.1) is 0 Å². The van der Waals surface area contributed by atoms with Gasteiger partial charge in [-0.25, -0.2) is 4.98 Å². The molecule has 0 aliphatic carbocycles. The number of rotatable bonds is 4. The van der Waals surface area contributed by atoms with Crippen LogP contribution in [0, 0.1) is 0 Å². The van der Waals surface area contributed by atoms with Gasteiger partial charge in [0.25, 0.3) is 11.8 Å². The Balaban J connectivity index is 2.18. The molecule has 2 rings (SSSR count). The summed E-state index contributed by atoms with van der Waals surface area (Å²) in [4.78, 5) is 30.8. The number of carbonyl (C=O) groups is 2. The molecule has 0 saturated carbocycles. The molecule has 2 aromatic rings. The van der Waals surface area contributed by atoms with Crippen molar-refractivity contribution < 1.29 is 9.59 Å². The molecule has 0 aliphatic rings. The number of anilines is 1. The van der Waals surface area contributed by atoms with Crippen LogP contribution in [0.1, 0.15) is 48.4 Å². The van der Waals surface area contributed by atoms with Crippen LogP contribution in [-0.2, 0) is 0 Å². The van der Waals surface area contributed by atoms with E-state index in [0.29, 0.717) is 23.5 Å². The van der Waals surface area contributed by atoms with E-state index in [-0.39, 0.29) is 17.4 Å². The number of hydrogen-bond donors (Lipinski definition) is 1. The smallest absolute Gasteiger partial charge is 0.259 e. The molecule has 132 valence electrons. The minimum absolute atomic E-state index is 0.153. The van der Waals surface area contributed by atoms with E-state index in [1.807, 2.05) is 33.8 Å². The minimum atomic E-state index is -0.308. The van der Waals surface area contributed by atoms with Crippen molar-refractivity contribution in [3.63, 3.8) is 0 Å². The first kappa shape index (κ1) is 19.1. The summed E-state index contributed by atoms with van der Waals surface area (Å²) in [6, 6.07) is 10.3. The van der Waals surface area contributed by atoms with Gasteiger partial charge in [0.15, 0.2) is 0 Å². The zero-order valence-electron chi connectivity index (χ0n) is 14.8. The first-order valence-corrected chi connectivity index (χ1v) is 8.86. The number of carbonyl (C=O) groups excluding carboxylic acids is 2. The van der Waals surface area contributed by atoms with Gasteiger partial charge in [0.1, 0.15) is 5.82 Å². The van der Waals surface area contributed by atoms with E-state index in [1.54, 1.807) is 41.4 Å². The zero-order chi connectivity index (χ0) is 18.6. The summed E-state index contributed by atoms with van der Waals surface area (Å²) in [5, 5.41) is 2.90. The highest BCUT2D eigenvalue weighted by Crippen LogP contribution is 2.18. The minimum Gasteiger partial charge on any atom is -0.347 e. The molecule has 1 heterocycles. The van der Waals surface area contributed by atoms with Crippen molar-refractivity contribution in [3.8, 4) is 0 Å². The molecular weight excluding hydrogens is 382 g/mol. The Kier molecular flexibility index (Phi) is 5.95. The van der Waals surface area contributed by atoms with Crippen molar-refractivity contribution in [2.75, 3.05) is 11.4 Å². The second-order valence-electron chi connectivity index (χ2n) is 6.67. The van der Waals surface area contributed by atoms with E-state index < -0.39 is 0 Å². The molecule has 1 N–H and O–H groups in total. The summed E-state index contributed by atoms with van der Waals surface area (Å²) in [6.07, 6.45) is 1.66. The van der Waals surface area contributed by atoms with Crippen LogP contribution >= 0.6 is 15.9 Å². The molecule has 0 radical (unpaired) electrons. The molecular formula is C19H22BrN3O2. The predicted molar refractivity (Wildman–Crippen MR) is 103 cm³/mol. The Bertz CT molecular complexity index is 750. The number of benzene rings is 1. The Morgan fingerprint density at radius 3 is 2.16 bits per heavy atom. The van der Waals surface area contributed by atoms with Crippen molar-refractivity contribution in [1.29, 1.82) is 0 Å². The normalized spacial score (nSPS) is 11.1. The van der Waals surface area contributed by atoms with Crippen LogP contribution in [0.25, 0.3) is 0 Å². The highest BCUT2D eigenvalue weighted by Gasteiger charge is 2.19. The largest absolute Gasteiger partial charge is 0.347 e. The molecule has 6 heteroatoms. The van der Waals surface area contributed by atoms with E-state index >= 15 is 0 Å². The Morgan fingerprint density at radius 1 is 1.08 bits per heavy atom. The molecule has 0 atom stereocenters. The maximum atomic E-state index is 12.7. The van der Waals surface area contributed by atoms with E-state index in [0.717, 1.165) is 4.47 Å². The lowest BCUT2D eigenvalue weighted by Gasteiger charge is -2.21. The summed E-state index contributed by atoms with van der Waals surface area (Å²) in [5.74, 6) is 0.277. The highest BCUT2D eigenvalue weighted by atomic mass is 79.9. The lowest BCUT2D eigenvalue weighted by atomic mass is 10.1. The van der Waals surface area contributed by atoms with Crippen LogP contribution in [-0.4, -0.2) is 28.9 Å². The topological polar surface area (TPSA) is 62.3 Å². The summed E-state index contributed by atoms with van der Waals surface area (Å²) in [6.45, 7) is 8.17. The Labute approximate surface area is 156 Å². The second kappa shape index (κ2) is 7.78. The summed E-state index contributed by atoms with van der Waals surface area (Å²) in [5.41, 5.74) is 0.729. The summed E-state index contributed by atoms with van der Waals surface area (Å²) < 4.78 is 0.856. The number of amides is 2. The maximum Gasteiger partial charge on any atom is 0.259 e. The second-order valence-corrected chi connectivity index (χ2v) is 7.58. The molecule has 25 heavy (non-hydrogen) atoms. The van der Waals surface area contributed by atoms with Gasteiger partial charge in [0.2, 0.25) is 0 Å². The molecule has 0 bridgehead atoms. The molecule has 5 nitrogen and oxygen atoms in total. The van der Waals surface area contributed by atoms with Crippen molar-refractivity contribution in [2.24, 2.45) is 0 Å². The quantitative estimate of drug-likeness (QED) is 0.837. The van der Waals surface area contributed by atoms with Crippen LogP contribution in [0.4, 0.5) is 5.82 Å². The molecule has 0 spiro atoms. The first-order valence-electron chi connectivity index (χ1n) is 8.07. The van der Waals surface area contributed by atoms with E-state index in [2.05, 4.69) is 26.2 Å². The summed E-state index contributed by atoms with van der Waals surface area (Å²) >= 11 is 3.34. The van der Waals surface area contributed by atoms with Crippen LogP contribution in [0.5, 0.6) is 0 Å². The van der Waals surface area contributed by atoms with Crippen LogP contribution in [0.2, 0.25) is 0 Å². The third-order valence-corrected chi connectivity index (χ3v) is 3.90. The number of halogens is 1. The molecule has 2 amide bonds. The SMILES string of the molecule is CCN(C(=O)c1ccc(C(=O)NC(C)(C)C)cc1)c1ccc(Br)cn1. The van der Waals surface area contributed by atoms with Gasteiger partial charge < -0.3 is 5.32 Å². The molecule has 0 unspecified atom stereocenters. The highest BCUT2D eigenvalue weighted by molar-refractivity contribution is 9.10. The third-order valence-electron chi connectivity index (χ3n) is 3.43. The van der Waals surface area contributed by atoms with Gasteiger partial charge in [-0.15, -0.1) is 0 Å². The van der Waals surface area contributed by atoms with E-state index in [4.69, 9.17) is 0 Å². The lowest BCUT2D eigenvalue weighted by Crippen LogP contribution is -2.40. The van der Waals surface area contributed by atoms with E-state index in [1.165, 1.54) is 0 Å². The Hall–Kier alpha value is -2.21. The fourth-order valence-corrected chi connectivity index (χ4v) is 2.50. The predicted octanol–water partition coefficient (Wildman–Crippen LogP) is 4.04. The van der Waals surface area contributed by atoms with Gasteiger partial charge in [-0.2, -0.15) is 0 Å². The lowest BCUT2D eigenvalue weighted by molar-refractivity contribution is 0.0917. The molecule has 0 aliphatic heterocycles. The van der Waals surface area contributed by atoms with Crippen LogP contribution in [0.15, 0.2) is 47.1 Å². The number of pyridine rings is 1. The number of nitrogens with zero attached hydrogens (tertiary/aromatic N) is 2. The molecule has 1 aromatic heterocycles. The number of nitrogens with one attached hydrogen (secondary N) is 1. The van der Waals surface area contributed by atoms with Gasteiger partial charge in [0, 0.05) is 33.9 Å². The fraction of sp³-hybridized carbons (Fsp3) is 0.316. The van der Waals surface area contributed by atoms with Gasteiger partial charge in [-0.3, -0.25) is 14.5 Å². The first-order chi connectivity index (χ1) is 11.7. The number of hydrogen-bond acceptors (Lipinski definition) is 3. The van der Waals surface area contributed by atoms with E-state index in [9.17, 15) is 9.59 Å². The standard InChI is InChI=1S/C19H22BrN3O2/c1-5-23(16-11-10-15(20)12-21-16)18(25)14-8-6-13(7-9-14)17(24)22-19(2,3)4/h6-12H,5H2,1-4H3,(H,22,24).